The lowest BCUT2D eigenvalue weighted by Crippen LogP contribution is -2.41. The molecule has 24 heavy (non-hydrogen) atoms. The Labute approximate surface area is 139 Å². The second kappa shape index (κ2) is 6.45. The number of ether oxygens (including phenoxy) is 1. The number of aromatic nitrogens is 3. The summed E-state index contributed by atoms with van der Waals surface area (Å²) in [5.74, 6) is -0.419. The SMILES string of the molecule is CCN(c1c(C)c(C(=O)O)nc2c(C#N)cnn12)C1CCOCC1. The molecule has 1 saturated heterocycles. The van der Waals surface area contributed by atoms with Gasteiger partial charge in [0.05, 0.1) is 6.20 Å². The number of carbonyl (C=O) groups is 1. The molecule has 0 aromatic carbocycles. The maximum absolute atomic E-state index is 11.6. The Bertz CT molecular complexity index is 817. The van der Waals surface area contributed by atoms with Crippen LogP contribution < -0.4 is 4.90 Å². The smallest absolute Gasteiger partial charge is 0.354 e. The Kier molecular flexibility index (Phi) is 4.36. The third-order valence-corrected chi connectivity index (χ3v) is 4.42. The maximum atomic E-state index is 11.6. The highest BCUT2D eigenvalue weighted by Crippen LogP contribution is 2.29. The van der Waals surface area contributed by atoms with E-state index in [1.165, 1.54) is 6.20 Å². The molecule has 0 atom stereocenters. The van der Waals surface area contributed by atoms with Crippen LogP contribution in [0, 0.1) is 18.3 Å². The fourth-order valence-electron chi connectivity index (χ4n) is 3.26. The van der Waals surface area contributed by atoms with Crippen LogP contribution in [0.5, 0.6) is 0 Å². The first-order valence-electron chi connectivity index (χ1n) is 7.94. The van der Waals surface area contributed by atoms with E-state index in [1.54, 1.807) is 11.4 Å². The van der Waals surface area contributed by atoms with Crippen molar-refractivity contribution in [2.45, 2.75) is 32.7 Å². The first-order chi connectivity index (χ1) is 11.6. The zero-order valence-corrected chi connectivity index (χ0v) is 13.7. The molecule has 3 heterocycles. The minimum Gasteiger partial charge on any atom is -0.476 e. The third kappa shape index (κ3) is 2.57. The molecule has 8 heteroatoms. The normalized spacial score (nSPS) is 15.4. The monoisotopic (exact) mass is 329 g/mol. The molecule has 0 spiro atoms. The van der Waals surface area contributed by atoms with Gasteiger partial charge in [0.2, 0.25) is 0 Å². The van der Waals surface area contributed by atoms with Gasteiger partial charge in [-0.2, -0.15) is 14.9 Å². The predicted octanol–water partition coefficient (Wildman–Crippen LogP) is 1.61. The Hall–Kier alpha value is -2.66. The summed E-state index contributed by atoms with van der Waals surface area (Å²) in [5, 5.41) is 23.0. The van der Waals surface area contributed by atoms with Crippen LogP contribution in [0.2, 0.25) is 0 Å². The van der Waals surface area contributed by atoms with Crippen molar-refractivity contribution in [1.29, 1.82) is 5.26 Å². The predicted molar refractivity (Wildman–Crippen MR) is 86.3 cm³/mol. The highest BCUT2D eigenvalue weighted by atomic mass is 16.5. The number of nitrogens with zero attached hydrogens (tertiary/aromatic N) is 5. The molecule has 0 aliphatic carbocycles. The van der Waals surface area contributed by atoms with Crippen molar-refractivity contribution < 1.29 is 14.6 Å². The lowest BCUT2D eigenvalue weighted by Gasteiger charge is -2.36. The van der Waals surface area contributed by atoms with E-state index in [4.69, 9.17) is 4.74 Å². The molecule has 1 aliphatic rings. The first kappa shape index (κ1) is 16.2. The Morgan fingerprint density at radius 2 is 2.25 bits per heavy atom. The van der Waals surface area contributed by atoms with Crippen molar-refractivity contribution >= 4 is 17.4 Å². The lowest BCUT2D eigenvalue weighted by molar-refractivity contribution is 0.0689. The third-order valence-electron chi connectivity index (χ3n) is 4.42. The Morgan fingerprint density at radius 3 is 2.83 bits per heavy atom. The van der Waals surface area contributed by atoms with Crippen LogP contribution in [0.25, 0.3) is 5.65 Å². The second-order valence-electron chi connectivity index (χ2n) is 5.75. The van der Waals surface area contributed by atoms with E-state index >= 15 is 0 Å². The minimum absolute atomic E-state index is 0.0417. The van der Waals surface area contributed by atoms with Crippen molar-refractivity contribution in [3.8, 4) is 6.07 Å². The number of anilines is 1. The van der Waals surface area contributed by atoms with Crippen LogP contribution >= 0.6 is 0 Å². The van der Waals surface area contributed by atoms with Crippen molar-refractivity contribution in [1.82, 2.24) is 14.6 Å². The molecule has 2 aromatic heterocycles. The van der Waals surface area contributed by atoms with Gasteiger partial charge >= 0.3 is 5.97 Å². The second-order valence-corrected chi connectivity index (χ2v) is 5.75. The summed E-state index contributed by atoms with van der Waals surface area (Å²) >= 11 is 0. The molecule has 1 N–H and O–H groups in total. The van der Waals surface area contributed by atoms with E-state index in [1.807, 2.05) is 13.0 Å². The molecule has 0 amide bonds. The molecular weight excluding hydrogens is 310 g/mol. The van der Waals surface area contributed by atoms with Gasteiger partial charge < -0.3 is 14.7 Å². The van der Waals surface area contributed by atoms with Gasteiger partial charge in [-0.05, 0) is 26.7 Å². The number of aromatic carboxylic acids is 1. The van der Waals surface area contributed by atoms with Gasteiger partial charge in [0, 0.05) is 31.4 Å². The molecule has 2 aromatic rings. The summed E-state index contributed by atoms with van der Waals surface area (Å²) in [6, 6.07) is 2.26. The number of rotatable bonds is 4. The van der Waals surface area contributed by atoms with Crippen LogP contribution in [0.15, 0.2) is 6.20 Å². The van der Waals surface area contributed by atoms with Gasteiger partial charge in [0.1, 0.15) is 17.5 Å². The van der Waals surface area contributed by atoms with Gasteiger partial charge in [-0.3, -0.25) is 0 Å². The molecule has 0 saturated carbocycles. The minimum atomic E-state index is -1.11. The van der Waals surface area contributed by atoms with E-state index < -0.39 is 5.97 Å². The molecule has 1 fully saturated rings. The van der Waals surface area contributed by atoms with E-state index in [2.05, 4.69) is 15.0 Å². The average molecular weight is 329 g/mol. The summed E-state index contributed by atoms with van der Waals surface area (Å²) < 4.78 is 7.02. The van der Waals surface area contributed by atoms with E-state index in [0.29, 0.717) is 31.1 Å². The van der Waals surface area contributed by atoms with Crippen LogP contribution in [0.4, 0.5) is 5.82 Å². The van der Waals surface area contributed by atoms with Gasteiger partial charge in [-0.1, -0.05) is 0 Å². The van der Waals surface area contributed by atoms with E-state index in [-0.39, 0.29) is 22.9 Å². The van der Waals surface area contributed by atoms with Gasteiger partial charge in [0.15, 0.2) is 11.3 Å². The number of carboxylic acids is 1. The standard InChI is InChI=1S/C16H19N5O3/c1-3-20(12-4-6-24-7-5-12)15-10(2)13(16(22)23)19-14-11(8-17)9-18-21(14)15/h9,12H,3-7H2,1-2H3,(H,22,23). The Balaban J connectivity index is 2.24. The first-order valence-corrected chi connectivity index (χ1v) is 7.94. The lowest BCUT2D eigenvalue weighted by atomic mass is 10.1. The fourth-order valence-corrected chi connectivity index (χ4v) is 3.26. The highest BCUT2D eigenvalue weighted by Gasteiger charge is 2.28. The van der Waals surface area contributed by atoms with Crippen LogP contribution in [0.3, 0.4) is 0 Å². The van der Waals surface area contributed by atoms with Crippen molar-refractivity contribution in [3.05, 3.63) is 23.0 Å². The summed E-state index contributed by atoms with van der Waals surface area (Å²) in [6.07, 6.45) is 3.16. The van der Waals surface area contributed by atoms with E-state index in [9.17, 15) is 15.2 Å². The van der Waals surface area contributed by atoms with Crippen molar-refractivity contribution in [3.63, 3.8) is 0 Å². The van der Waals surface area contributed by atoms with Gasteiger partial charge in [-0.15, -0.1) is 0 Å². The van der Waals surface area contributed by atoms with Gasteiger partial charge in [-0.25, -0.2) is 9.78 Å². The molecule has 126 valence electrons. The summed E-state index contributed by atoms with van der Waals surface area (Å²) in [4.78, 5) is 17.9. The quantitative estimate of drug-likeness (QED) is 0.908. The Morgan fingerprint density at radius 1 is 1.54 bits per heavy atom. The fraction of sp³-hybridized carbons (Fsp3) is 0.500. The maximum Gasteiger partial charge on any atom is 0.354 e. The molecule has 0 bridgehead atoms. The largest absolute Gasteiger partial charge is 0.476 e. The molecule has 0 radical (unpaired) electrons. The highest BCUT2D eigenvalue weighted by molar-refractivity contribution is 5.90. The number of nitriles is 1. The zero-order chi connectivity index (χ0) is 17.3. The summed E-state index contributed by atoms with van der Waals surface area (Å²) in [5.41, 5.74) is 1.05. The summed E-state index contributed by atoms with van der Waals surface area (Å²) in [7, 11) is 0. The molecule has 8 nitrogen and oxygen atoms in total. The number of fused-ring (bicyclic) bond motifs is 1. The average Bonchev–Trinajstić information content (AvgIpc) is 3.00. The van der Waals surface area contributed by atoms with Gasteiger partial charge in [0.25, 0.3) is 0 Å². The molecule has 3 rings (SSSR count). The molecule has 0 unspecified atom stereocenters. The number of hydrogen-bond donors (Lipinski definition) is 1. The van der Waals surface area contributed by atoms with Crippen molar-refractivity contribution in [2.75, 3.05) is 24.7 Å². The summed E-state index contributed by atoms with van der Waals surface area (Å²) in [6.45, 7) is 5.83. The van der Waals surface area contributed by atoms with Crippen molar-refractivity contribution in [2.24, 2.45) is 0 Å². The molecular formula is C16H19N5O3. The number of carboxylic acid groups (broad SMARTS) is 1. The molecule has 1 aliphatic heterocycles. The zero-order valence-electron chi connectivity index (χ0n) is 13.7. The van der Waals surface area contributed by atoms with Crippen LogP contribution in [-0.4, -0.2) is 51.5 Å². The topological polar surface area (TPSA) is 104 Å². The van der Waals surface area contributed by atoms with Crippen LogP contribution in [0.1, 0.15) is 41.4 Å². The van der Waals surface area contributed by atoms with Crippen LogP contribution in [-0.2, 0) is 4.74 Å². The number of hydrogen-bond acceptors (Lipinski definition) is 6. The van der Waals surface area contributed by atoms with E-state index in [0.717, 1.165) is 12.8 Å².